The van der Waals surface area contributed by atoms with Gasteiger partial charge in [-0.2, -0.15) is 0 Å². The highest BCUT2D eigenvalue weighted by Gasteiger charge is 2.03. The van der Waals surface area contributed by atoms with Gasteiger partial charge in [0.2, 0.25) is 0 Å². The fourth-order valence-electron chi connectivity index (χ4n) is 2.19. The van der Waals surface area contributed by atoms with Gasteiger partial charge in [0.1, 0.15) is 0 Å². The van der Waals surface area contributed by atoms with Gasteiger partial charge >= 0.3 is 0 Å². The van der Waals surface area contributed by atoms with E-state index in [4.69, 9.17) is 0 Å². The summed E-state index contributed by atoms with van der Waals surface area (Å²) in [5, 5.41) is 0. The van der Waals surface area contributed by atoms with Crippen LogP contribution in [0, 0.1) is 20.8 Å². The van der Waals surface area contributed by atoms with Crippen molar-refractivity contribution in [3.63, 3.8) is 0 Å². The highest BCUT2D eigenvalue weighted by atomic mass is 16.1. The van der Waals surface area contributed by atoms with E-state index < -0.39 is 0 Å². The number of rotatable bonds is 2. The largest absolute Gasteiger partial charge is 0.350 e. The summed E-state index contributed by atoms with van der Waals surface area (Å²) in [5.41, 5.74) is 5.30. The lowest BCUT2D eigenvalue weighted by atomic mass is 10.00. The maximum Gasteiger partial charge on any atom is 0.181 e. The molecule has 0 fully saturated rings. The number of pyridine rings is 1. The molecule has 0 amide bonds. The lowest BCUT2D eigenvalue weighted by molar-refractivity contribution is 0.778. The molecule has 2 nitrogen and oxygen atoms in total. The molecule has 17 heavy (non-hydrogen) atoms. The molecule has 1 aromatic carbocycles. The van der Waals surface area contributed by atoms with Crippen LogP contribution in [0.1, 0.15) is 22.3 Å². The van der Waals surface area contributed by atoms with Crippen LogP contribution in [0.5, 0.6) is 0 Å². The zero-order chi connectivity index (χ0) is 12.4. The van der Waals surface area contributed by atoms with E-state index in [1.165, 1.54) is 22.3 Å². The minimum atomic E-state index is 0.0543. The van der Waals surface area contributed by atoms with Crippen LogP contribution in [0.3, 0.4) is 0 Å². The van der Waals surface area contributed by atoms with Gasteiger partial charge in [-0.25, -0.2) is 0 Å². The average Bonchev–Trinajstić information content (AvgIpc) is 2.26. The van der Waals surface area contributed by atoms with Gasteiger partial charge in [0.15, 0.2) is 5.43 Å². The zero-order valence-electron chi connectivity index (χ0n) is 10.5. The molecule has 0 saturated carbocycles. The van der Waals surface area contributed by atoms with E-state index >= 15 is 0 Å². The van der Waals surface area contributed by atoms with Gasteiger partial charge in [-0.05, 0) is 37.5 Å². The fraction of sp³-hybridized carbons (Fsp3) is 0.267. The summed E-state index contributed by atoms with van der Waals surface area (Å²) >= 11 is 0. The van der Waals surface area contributed by atoms with Crippen molar-refractivity contribution in [1.29, 1.82) is 0 Å². The Morgan fingerprint density at radius 1 is 1.00 bits per heavy atom. The normalized spacial score (nSPS) is 10.5. The number of hydrogen-bond acceptors (Lipinski definition) is 1. The molecule has 0 aliphatic rings. The van der Waals surface area contributed by atoms with Crippen LogP contribution in [-0.2, 0) is 6.54 Å². The van der Waals surface area contributed by atoms with Crippen LogP contribution >= 0.6 is 0 Å². The molecule has 0 saturated heterocycles. The van der Waals surface area contributed by atoms with Gasteiger partial charge in [0, 0.05) is 31.1 Å². The van der Waals surface area contributed by atoms with Crippen molar-refractivity contribution in [2.45, 2.75) is 27.3 Å². The minimum absolute atomic E-state index is 0.0543. The Balaban J connectivity index is 2.36. The molecule has 1 aromatic heterocycles. The topological polar surface area (TPSA) is 22.0 Å². The summed E-state index contributed by atoms with van der Waals surface area (Å²) in [6.07, 6.45) is 3.67. The van der Waals surface area contributed by atoms with Gasteiger partial charge in [-0.15, -0.1) is 0 Å². The van der Waals surface area contributed by atoms with Gasteiger partial charge in [0.25, 0.3) is 0 Å². The molecule has 0 unspecified atom stereocenters. The van der Waals surface area contributed by atoms with Crippen molar-refractivity contribution in [3.05, 3.63) is 69.1 Å². The zero-order valence-corrected chi connectivity index (χ0v) is 10.5. The van der Waals surface area contributed by atoms with Gasteiger partial charge in [-0.3, -0.25) is 4.79 Å². The first-order valence-corrected chi connectivity index (χ1v) is 5.79. The molecule has 2 heteroatoms. The average molecular weight is 227 g/mol. The second-order valence-corrected chi connectivity index (χ2v) is 4.58. The highest BCUT2D eigenvalue weighted by Crippen LogP contribution is 2.17. The first-order valence-electron chi connectivity index (χ1n) is 5.79. The Morgan fingerprint density at radius 3 is 2.06 bits per heavy atom. The molecular weight excluding hydrogens is 210 g/mol. The third-order valence-electron chi connectivity index (χ3n) is 3.04. The Labute approximate surface area is 102 Å². The van der Waals surface area contributed by atoms with E-state index in [1.54, 1.807) is 12.1 Å². The number of aromatic nitrogens is 1. The summed E-state index contributed by atoms with van der Waals surface area (Å²) in [5.74, 6) is 0. The number of nitrogens with zero attached hydrogens (tertiary/aromatic N) is 1. The second-order valence-electron chi connectivity index (χ2n) is 4.58. The molecule has 0 radical (unpaired) electrons. The van der Waals surface area contributed by atoms with Crippen LogP contribution in [0.4, 0.5) is 0 Å². The van der Waals surface area contributed by atoms with Crippen molar-refractivity contribution in [2.24, 2.45) is 0 Å². The number of aryl methyl sites for hydroxylation is 3. The summed E-state index contributed by atoms with van der Waals surface area (Å²) in [6.45, 7) is 7.21. The van der Waals surface area contributed by atoms with Crippen molar-refractivity contribution in [3.8, 4) is 0 Å². The van der Waals surface area contributed by atoms with Crippen LogP contribution in [-0.4, -0.2) is 4.57 Å². The predicted molar refractivity (Wildman–Crippen MR) is 70.5 cm³/mol. The Morgan fingerprint density at radius 2 is 1.53 bits per heavy atom. The van der Waals surface area contributed by atoms with E-state index in [1.807, 2.05) is 17.0 Å². The monoisotopic (exact) mass is 227 g/mol. The fourth-order valence-corrected chi connectivity index (χ4v) is 2.19. The maximum atomic E-state index is 11.0. The molecule has 0 aliphatic heterocycles. The molecule has 88 valence electrons. The summed E-state index contributed by atoms with van der Waals surface area (Å²) < 4.78 is 2.03. The molecule has 0 aliphatic carbocycles. The molecule has 1 heterocycles. The standard InChI is InChI=1S/C15H17NO/c1-11-8-12(2)15(13(3)9-11)10-16-6-4-14(17)5-7-16/h4-9H,10H2,1-3H3. The van der Waals surface area contributed by atoms with Gasteiger partial charge in [0.05, 0.1) is 0 Å². The van der Waals surface area contributed by atoms with E-state index in [-0.39, 0.29) is 5.43 Å². The van der Waals surface area contributed by atoms with Crippen LogP contribution < -0.4 is 5.43 Å². The summed E-state index contributed by atoms with van der Waals surface area (Å²) in [7, 11) is 0. The molecule has 0 N–H and O–H groups in total. The van der Waals surface area contributed by atoms with Crippen molar-refractivity contribution in [1.82, 2.24) is 4.57 Å². The summed E-state index contributed by atoms with van der Waals surface area (Å²) in [4.78, 5) is 11.0. The number of hydrogen-bond donors (Lipinski definition) is 0. The van der Waals surface area contributed by atoms with Gasteiger partial charge < -0.3 is 4.57 Å². The Bertz CT molecular complexity index is 553. The van der Waals surface area contributed by atoms with Crippen LogP contribution in [0.2, 0.25) is 0 Å². The lowest BCUT2D eigenvalue weighted by Crippen LogP contribution is -2.07. The second kappa shape index (κ2) is 4.58. The van der Waals surface area contributed by atoms with E-state index in [9.17, 15) is 4.79 Å². The summed E-state index contributed by atoms with van der Waals surface area (Å²) in [6, 6.07) is 7.59. The molecule has 2 aromatic rings. The van der Waals surface area contributed by atoms with Gasteiger partial charge in [-0.1, -0.05) is 17.7 Å². The SMILES string of the molecule is Cc1cc(C)c(Cn2ccc(=O)cc2)c(C)c1. The maximum absolute atomic E-state index is 11.0. The highest BCUT2D eigenvalue weighted by molar-refractivity contribution is 5.37. The van der Waals surface area contributed by atoms with Crippen LogP contribution in [0.25, 0.3) is 0 Å². The Hall–Kier alpha value is -1.83. The first-order chi connectivity index (χ1) is 8.06. The predicted octanol–water partition coefficient (Wildman–Crippen LogP) is 2.82. The van der Waals surface area contributed by atoms with E-state index in [2.05, 4.69) is 32.9 Å². The molecule has 0 atom stereocenters. The molecule has 0 bridgehead atoms. The van der Waals surface area contributed by atoms with Crippen molar-refractivity contribution >= 4 is 0 Å². The van der Waals surface area contributed by atoms with Crippen LogP contribution in [0.15, 0.2) is 41.5 Å². The third kappa shape index (κ3) is 2.64. The molecular formula is C15H17NO. The van der Waals surface area contributed by atoms with Crippen molar-refractivity contribution < 1.29 is 0 Å². The lowest BCUT2D eigenvalue weighted by Gasteiger charge is -2.13. The van der Waals surface area contributed by atoms with E-state index in [0.717, 1.165) is 6.54 Å². The molecule has 2 rings (SSSR count). The Kier molecular flexibility index (Phi) is 3.14. The van der Waals surface area contributed by atoms with Crippen molar-refractivity contribution in [2.75, 3.05) is 0 Å². The quantitative estimate of drug-likeness (QED) is 0.773. The smallest absolute Gasteiger partial charge is 0.181 e. The minimum Gasteiger partial charge on any atom is -0.350 e. The molecule has 0 spiro atoms. The number of benzene rings is 1. The van der Waals surface area contributed by atoms with E-state index in [0.29, 0.717) is 0 Å². The first kappa shape index (κ1) is 11.6. The third-order valence-corrected chi connectivity index (χ3v) is 3.04.